The topological polar surface area (TPSA) is 91.3 Å². The molecule has 0 bridgehead atoms. The predicted octanol–water partition coefficient (Wildman–Crippen LogP) is 1.37. The quantitative estimate of drug-likeness (QED) is 0.425. The van der Waals surface area contributed by atoms with Gasteiger partial charge in [-0.1, -0.05) is 0 Å². The summed E-state index contributed by atoms with van der Waals surface area (Å²) in [5, 5.41) is 8.65. The van der Waals surface area contributed by atoms with Gasteiger partial charge >= 0.3 is 13.8 Å². The molecule has 0 aliphatic rings. The van der Waals surface area contributed by atoms with Crippen molar-refractivity contribution < 1.29 is 32.8 Å². The molecule has 0 fully saturated rings. The number of aliphatic carboxylic acids is 1. The fraction of sp³-hybridized carbons (Fsp3) is 0.571. The van der Waals surface area contributed by atoms with Gasteiger partial charge in [0.25, 0.3) is 0 Å². The molecule has 0 heterocycles. The minimum atomic E-state index is -3.75. The molecule has 0 saturated carbocycles. The van der Waals surface area contributed by atoms with Gasteiger partial charge in [0.15, 0.2) is 5.76 Å². The van der Waals surface area contributed by atoms with Crippen molar-refractivity contribution in [2.24, 2.45) is 0 Å². The van der Waals surface area contributed by atoms with Crippen molar-refractivity contribution in [1.82, 2.24) is 0 Å². The number of phosphoric ester groups is 1. The van der Waals surface area contributed by atoms with E-state index in [9.17, 15) is 9.36 Å². The SMILES string of the molecule is COC(C(=O)O)=C(C)OP(=O)(OC)OC. The Morgan fingerprint density at radius 1 is 1.20 bits per heavy atom. The number of carboxylic acids is 1. The van der Waals surface area contributed by atoms with Crippen LogP contribution in [0, 0.1) is 0 Å². The highest BCUT2D eigenvalue weighted by Gasteiger charge is 2.27. The van der Waals surface area contributed by atoms with Crippen molar-refractivity contribution in [3.8, 4) is 0 Å². The summed E-state index contributed by atoms with van der Waals surface area (Å²) in [6.07, 6.45) is 0. The number of carbonyl (C=O) groups is 1. The average Bonchev–Trinajstić information content (AvgIpc) is 2.18. The lowest BCUT2D eigenvalue weighted by atomic mass is 10.4. The van der Waals surface area contributed by atoms with E-state index in [2.05, 4.69) is 13.8 Å². The molecule has 1 N–H and O–H groups in total. The molecule has 8 heteroatoms. The first-order valence-electron chi connectivity index (χ1n) is 3.79. The number of hydrogen-bond acceptors (Lipinski definition) is 6. The van der Waals surface area contributed by atoms with Crippen LogP contribution in [0.15, 0.2) is 11.5 Å². The summed E-state index contributed by atoms with van der Waals surface area (Å²) >= 11 is 0. The number of phosphoric acid groups is 1. The van der Waals surface area contributed by atoms with Crippen molar-refractivity contribution >= 4 is 13.8 Å². The molecule has 0 aromatic heterocycles. The van der Waals surface area contributed by atoms with E-state index in [0.717, 1.165) is 21.3 Å². The van der Waals surface area contributed by atoms with E-state index < -0.39 is 19.6 Å². The predicted molar refractivity (Wildman–Crippen MR) is 50.1 cm³/mol. The van der Waals surface area contributed by atoms with Gasteiger partial charge < -0.3 is 14.4 Å². The Kier molecular flexibility index (Phi) is 5.35. The first kappa shape index (κ1) is 14.0. The maximum Gasteiger partial charge on any atom is 0.529 e. The highest BCUT2D eigenvalue weighted by molar-refractivity contribution is 7.48. The van der Waals surface area contributed by atoms with Crippen molar-refractivity contribution in [3.63, 3.8) is 0 Å². The van der Waals surface area contributed by atoms with Gasteiger partial charge in [-0.05, 0) is 6.92 Å². The molecule has 0 saturated heterocycles. The number of carboxylic acid groups (broad SMARTS) is 1. The Hall–Kier alpha value is -1.04. The van der Waals surface area contributed by atoms with Crippen LogP contribution in [0.1, 0.15) is 6.92 Å². The van der Waals surface area contributed by atoms with Gasteiger partial charge in [-0.3, -0.25) is 9.05 Å². The molecule has 0 spiro atoms. The Bertz CT molecular complexity index is 300. The van der Waals surface area contributed by atoms with Crippen molar-refractivity contribution in [1.29, 1.82) is 0 Å². The summed E-state index contributed by atoms with van der Waals surface area (Å²) in [6, 6.07) is 0. The minimum absolute atomic E-state index is 0.197. The maximum absolute atomic E-state index is 11.5. The minimum Gasteiger partial charge on any atom is -0.488 e. The van der Waals surface area contributed by atoms with Gasteiger partial charge in [0.2, 0.25) is 5.76 Å². The third-order valence-electron chi connectivity index (χ3n) is 1.41. The first-order valence-corrected chi connectivity index (χ1v) is 5.25. The Morgan fingerprint density at radius 3 is 1.93 bits per heavy atom. The molecule has 0 unspecified atom stereocenters. The van der Waals surface area contributed by atoms with Gasteiger partial charge in [-0.2, -0.15) is 0 Å². The molecule has 0 aromatic carbocycles. The smallest absolute Gasteiger partial charge is 0.488 e. The summed E-state index contributed by atoms with van der Waals surface area (Å²) in [5.74, 6) is -2.00. The van der Waals surface area contributed by atoms with Gasteiger partial charge in [0.05, 0.1) is 7.11 Å². The molecule has 0 aliphatic heterocycles. The highest BCUT2D eigenvalue weighted by Crippen LogP contribution is 2.49. The lowest BCUT2D eigenvalue weighted by molar-refractivity contribution is -0.136. The van der Waals surface area contributed by atoms with Crippen LogP contribution < -0.4 is 0 Å². The molecular weight excluding hydrogens is 227 g/mol. The van der Waals surface area contributed by atoms with Crippen LogP contribution in [0.2, 0.25) is 0 Å². The maximum atomic E-state index is 11.5. The van der Waals surface area contributed by atoms with Crippen LogP contribution >= 0.6 is 7.82 Å². The van der Waals surface area contributed by atoms with E-state index in [4.69, 9.17) is 9.63 Å². The van der Waals surface area contributed by atoms with Gasteiger partial charge in [0, 0.05) is 14.2 Å². The van der Waals surface area contributed by atoms with Crippen LogP contribution in [-0.2, 0) is 27.7 Å². The normalized spacial score (nSPS) is 13.1. The zero-order valence-corrected chi connectivity index (χ0v) is 9.74. The van der Waals surface area contributed by atoms with E-state index in [0.29, 0.717) is 0 Å². The molecular formula is C7H13O7P. The van der Waals surface area contributed by atoms with Crippen molar-refractivity contribution in [2.45, 2.75) is 6.92 Å². The zero-order valence-electron chi connectivity index (χ0n) is 8.84. The van der Waals surface area contributed by atoms with Crippen LogP contribution in [0.3, 0.4) is 0 Å². The monoisotopic (exact) mass is 240 g/mol. The summed E-state index contributed by atoms with van der Waals surface area (Å²) in [7, 11) is -0.360. The molecule has 0 atom stereocenters. The van der Waals surface area contributed by atoms with Gasteiger partial charge in [0.1, 0.15) is 0 Å². The molecule has 15 heavy (non-hydrogen) atoms. The Labute approximate surface area is 87.2 Å². The molecule has 0 radical (unpaired) electrons. The standard InChI is InChI=1S/C7H13O7P/c1-5(6(11-2)7(8)9)14-15(10,12-3)13-4/h1-4H3,(H,8,9). The first-order chi connectivity index (χ1) is 6.90. The average molecular weight is 240 g/mol. The van der Waals surface area contributed by atoms with Crippen LogP contribution in [0.25, 0.3) is 0 Å². The lowest BCUT2D eigenvalue weighted by Gasteiger charge is -2.15. The van der Waals surface area contributed by atoms with Crippen LogP contribution in [0.4, 0.5) is 0 Å². The van der Waals surface area contributed by atoms with Crippen molar-refractivity contribution in [2.75, 3.05) is 21.3 Å². The second-order valence-electron chi connectivity index (χ2n) is 2.30. The fourth-order valence-electron chi connectivity index (χ4n) is 0.740. The van der Waals surface area contributed by atoms with E-state index in [1.807, 2.05) is 0 Å². The van der Waals surface area contributed by atoms with Crippen LogP contribution in [-0.4, -0.2) is 32.4 Å². The zero-order chi connectivity index (χ0) is 12.1. The summed E-state index contributed by atoms with van der Waals surface area (Å²) in [4.78, 5) is 10.6. The third-order valence-corrected chi connectivity index (χ3v) is 2.81. The summed E-state index contributed by atoms with van der Waals surface area (Å²) < 4.78 is 29.6. The largest absolute Gasteiger partial charge is 0.529 e. The number of hydrogen-bond donors (Lipinski definition) is 1. The Balaban J connectivity index is 4.93. The number of methoxy groups -OCH3 is 1. The summed E-state index contributed by atoms with van der Waals surface area (Å²) in [6.45, 7) is 1.28. The summed E-state index contributed by atoms with van der Waals surface area (Å²) in [5.41, 5.74) is 0. The number of allylic oxidation sites excluding steroid dienone is 1. The van der Waals surface area contributed by atoms with E-state index in [1.54, 1.807) is 0 Å². The van der Waals surface area contributed by atoms with Gasteiger partial charge in [-0.25, -0.2) is 9.36 Å². The van der Waals surface area contributed by atoms with E-state index >= 15 is 0 Å². The second-order valence-corrected chi connectivity index (χ2v) is 4.11. The second kappa shape index (κ2) is 5.75. The van der Waals surface area contributed by atoms with Gasteiger partial charge in [-0.15, -0.1) is 0 Å². The highest BCUT2D eigenvalue weighted by atomic mass is 31.2. The lowest BCUT2D eigenvalue weighted by Crippen LogP contribution is -2.07. The molecule has 0 amide bonds. The number of rotatable bonds is 6. The molecule has 0 aromatic rings. The van der Waals surface area contributed by atoms with Crippen LogP contribution in [0.5, 0.6) is 0 Å². The molecule has 0 aliphatic carbocycles. The third kappa shape index (κ3) is 3.91. The molecule has 0 rings (SSSR count). The van der Waals surface area contributed by atoms with E-state index in [-0.39, 0.29) is 5.76 Å². The van der Waals surface area contributed by atoms with E-state index in [1.165, 1.54) is 6.92 Å². The number of ether oxygens (including phenoxy) is 1. The fourth-order valence-corrected chi connectivity index (χ4v) is 1.46. The Morgan fingerprint density at radius 2 is 1.67 bits per heavy atom. The van der Waals surface area contributed by atoms with Crippen molar-refractivity contribution in [3.05, 3.63) is 11.5 Å². The molecule has 88 valence electrons. The molecule has 7 nitrogen and oxygen atoms in total.